The van der Waals surface area contributed by atoms with Gasteiger partial charge in [0.25, 0.3) is 0 Å². The largest absolute Gasteiger partial charge is 0.356 e. The molecule has 3 heteroatoms. The Morgan fingerprint density at radius 2 is 1.94 bits per heavy atom. The van der Waals surface area contributed by atoms with Gasteiger partial charge in [-0.15, -0.1) is 0 Å². The first-order chi connectivity index (χ1) is 8.63. The number of carbonyl (C=O) groups is 1. The molecule has 0 saturated heterocycles. The van der Waals surface area contributed by atoms with Crippen LogP contribution in [0.1, 0.15) is 25.8 Å². The number of benzene rings is 1. The third-order valence-electron chi connectivity index (χ3n) is 3.00. The van der Waals surface area contributed by atoms with Gasteiger partial charge in [-0.2, -0.15) is 0 Å². The maximum atomic E-state index is 12.0. The molecule has 1 atom stereocenters. The van der Waals surface area contributed by atoms with Gasteiger partial charge in [0, 0.05) is 13.1 Å². The lowest BCUT2D eigenvalue weighted by Gasteiger charge is -2.15. The predicted molar refractivity (Wildman–Crippen MR) is 75.2 cm³/mol. The molecule has 0 aromatic heterocycles. The SMILES string of the molecule is CC(C)CCNC(=O)C(CN)Cc1ccccc1. The molecule has 1 aromatic carbocycles. The van der Waals surface area contributed by atoms with E-state index in [2.05, 4.69) is 19.2 Å². The van der Waals surface area contributed by atoms with E-state index < -0.39 is 0 Å². The van der Waals surface area contributed by atoms with E-state index in [0.29, 0.717) is 18.9 Å². The van der Waals surface area contributed by atoms with Crippen LogP contribution in [0.4, 0.5) is 0 Å². The van der Waals surface area contributed by atoms with Gasteiger partial charge in [0.1, 0.15) is 0 Å². The molecule has 0 radical (unpaired) electrons. The normalized spacial score (nSPS) is 12.4. The van der Waals surface area contributed by atoms with Crippen LogP contribution >= 0.6 is 0 Å². The fourth-order valence-electron chi connectivity index (χ4n) is 1.81. The summed E-state index contributed by atoms with van der Waals surface area (Å²) in [6, 6.07) is 10.0. The second-order valence-corrected chi connectivity index (χ2v) is 5.10. The molecule has 0 bridgehead atoms. The summed E-state index contributed by atoms with van der Waals surface area (Å²) in [6.45, 7) is 5.43. The first kappa shape index (κ1) is 14.7. The van der Waals surface area contributed by atoms with Crippen LogP contribution in [0, 0.1) is 11.8 Å². The molecule has 0 aliphatic carbocycles. The fourth-order valence-corrected chi connectivity index (χ4v) is 1.81. The number of rotatable bonds is 7. The van der Waals surface area contributed by atoms with Crippen molar-refractivity contribution < 1.29 is 4.79 Å². The van der Waals surface area contributed by atoms with Crippen molar-refractivity contribution in [2.24, 2.45) is 17.6 Å². The van der Waals surface area contributed by atoms with Gasteiger partial charge in [-0.25, -0.2) is 0 Å². The van der Waals surface area contributed by atoms with Crippen LogP contribution < -0.4 is 11.1 Å². The number of nitrogens with one attached hydrogen (secondary N) is 1. The van der Waals surface area contributed by atoms with Gasteiger partial charge in [-0.3, -0.25) is 4.79 Å². The maximum absolute atomic E-state index is 12.0. The van der Waals surface area contributed by atoms with Gasteiger partial charge in [-0.1, -0.05) is 44.2 Å². The minimum Gasteiger partial charge on any atom is -0.356 e. The monoisotopic (exact) mass is 248 g/mol. The molecule has 0 aliphatic heterocycles. The Morgan fingerprint density at radius 3 is 2.50 bits per heavy atom. The number of carbonyl (C=O) groups excluding carboxylic acids is 1. The highest BCUT2D eigenvalue weighted by Gasteiger charge is 2.16. The van der Waals surface area contributed by atoms with Crippen LogP contribution in [0.2, 0.25) is 0 Å². The smallest absolute Gasteiger partial charge is 0.224 e. The molecule has 0 heterocycles. The molecule has 3 nitrogen and oxygen atoms in total. The third-order valence-corrected chi connectivity index (χ3v) is 3.00. The summed E-state index contributed by atoms with van der Waals surface area (Å²) in [6.07, 6.45) is 1.72. The Balaban J connectivity index is 2.43. The van der Waals surface area contributed by atoms with E-state index in [1.165, 1.54) is 0 Å². The van der Waals surface area contributed by atoms with Crippen molar-refractivity contribution in [2.75, 3.05) is 13.1 Å². The van der Waals surface area contributed by atoms with Crippen molar-refractivity contribution in [3.05, 3.63) is 35.9 Å². The quantitative estimate of drug-likeness (QED) is 0.775. The molecule has 1 rings (SSSR count). The van der Waals surface area contributed by atoms with Crippen molar-refractivity contribution in [3.63, 3.8) is 0 Å². The highest BCUT2D eigenvalue weighted by Crippen LogP contribution is 2.08. The average Bonchev–Trinajstić information content (AvgIpc) is 2.36. The second-order valence-electron chi connectivity index (χ2n) is 5.10. The van der Waals surface area contributed by atoms with Crippen molar-refractivity contribution in [2.45, 2.75) is 26.7 Å². The standard InChI is InChI=1S/C15H24N2O/c1-12(2)8-9-17-15(18)14(11-16)10-13-6-4-3-5-7-13/h3-7,12,14H,8-11,16H2,1-2H3,(H,17,18). The Morgan fingerprint density at radius 1 is 1.28 bits per heavy atom. The van der Waals surface area contributed by atoms with Gasteiger partial charge in [-0.05, 0) is 24.3 Å². The van der Waals surface area contributed by atoms with E-state index in [9.17, 15) is 4.79 Å². The van der Waals surface area contributed by atoms with E-state index in [0.717, 1.165) is 18.5 Å². The van der Waals surface area contributed by atoms with Crippen molar-refractivity contribution in [3.8, 4) is 0 Å². The van der Waals surface area contributed by atoms with Gasteiger partial charge in [0.15, 0.2) is 0 Å². The third kappa shape index (κ3) is 5.32. The minimum absolute atomic E-state index is 0.0713. The van der Waals surface area contributed by atoms with Crippen LogP contribution in [0.15, 0.2) is 30.3 Å². The lowest BCUT2D eigenvalue weighted by Crippen LogP contribution is -2.37. The number of hydrogen-bond donors (Lipinski definition) is 2. The first-order valence-electron chi connectivity index (χ1n) is 6.65. The highest BCUT2D eigenvalue weighted by molar-refractivity contribution is 5.79. The summed E-state index contributed by atoms with van der Waals surface area (Å²) < 4.78 is 0. The Labute approximate surface area is 110 Å². The van der Waals surface area contributed by atoms with Gasteiger partial charge >= 0.3 is 0 Å². The zero-order valence-corrected chi connectivity index (χ0v) is 11.4. The molecule has 3 N–H and O–H groups in total. The molecule has 0 fully saturated rings. The summed E-state index contributed by atoms with van der Waals surface area (Å²) >= 11 is 0. The average molecular weight is 248 g/mol. The van der Waals surface area contributed by atoms with Crippen molar-refractivity contribution in [1.82, 2.24) is 5.32 Å². The van der Waals surface area contributed by atoms with E-state index in [1.54, 1.807) is 0 Å². The second kappa shape index (κ2) is 7.88. The van der Waals surface area contributed by atoms with Crippen LogP contribution in [0.25, 0.3) is 0 Å². The van der Waals surface area contributed by atoms with Crippen molar-refractivity contribution in [1.29, 1.82) is 0 Å². The van der Waals surface area contributed by atoms with E-state index in [-0.39, 0.29) is 11.8 Å². The lowest BCUT2D eigenvalue weighted by molar-refractivity contribution is -0.124. The van der Waals surface area contributed by atoms with Crippen LogP contribution in [0.3, 0.4) is 0 Å². The molecule has 1 unspecified atom stereocenters. The molecule has 1 aromatic rings. The molecule has 0 aliphatic rings. The summed E-state index contributed by atoms with van der Waals surface area (Å²) in [5, 5.41) is 2.97. The maximum Gasteiger partial charge on any atom is 0.224 e. The van der Waals surface area contributed by atoms with Crippen LogP contribution in [-0.2, 0) is 11.2 Å². The molecule has 18 heavy (non-hydrogen) atoms. The number of hydrogen-bond acceptors (Lipinski definition) is 2. The van der Waals surface area contributed by atoms with E-state index in [1.807, 2.05) is 30.3 Å². The van der Waals surface area contributed by atoms with E-state index in [4.69, 9.17) is 5.73 Å². The first-order valence-corrected chi connectivity index (χ1v) is 6.65. The highest BCUT2D eigenvalue weighted by atomic mass is 16.1. The molecular formula is C15H24N2O. The van der Waals surface area contributed by atoms with Crippen molar-refractivity contribution >= 4 is 5.91 Å². The van der Waals surface area contributed by atoms with Gasteiger partial charge in [0.05, 0.1) is 5.92 Å². The van der Waals surface area contributed by atoms with Crippen LogP contribution in [0.5, 0.6) is 0 Å². The summed E-state index contributed by atoms with van der Waals surface area (Å²) in [5.41, 5.74) is 6.85. The molecule has 0 saturated carbocycles. The molecule has 1 amide bonds. The summed E-state index contributed by atoms with van der Waals surface area (Å²) in [7, 11) is 0. The summed E-state index contributed by atoms with van der Waals surface area (Å²) in [4.78, 5) is 12.0. The predicted octanol–water partition coefficient (Wildman–Crippen LogP) is 1.97. The minimum atomic E-state index is -0.125. The number of amides is 1. The molecule has 100 valence electrons. The Kier molecular flexibility index (Phi) is 6.44. The van der Waals surface area contributed by atoms with Gasteiger partial charge < -0.3 is 11.1 Å². The number of nitrogens with two attached hydrogens (primary N) is 1. The fraction of sp³-hybridized carbons (Fsp3) is 0.533. The zero-order chi connectivity index (χ0) is 13.4. The zero-order valence-electron chi connectivity index (χ0n) is 11.4. The lowest BCUT2D eigenvalue weighted by atomic mass is 9.98. The Bertz CT molecular complexity index is 349. The topological polar surface area (TPSA) is 55.1 Å². The van der Waals surface area contributed by atoms with E-state index >= 15 is 0 Å². The molecular weight excluding hydrogens is 224 g/mol. The van der Waals surface area contributed by atoms with Crippen LogP contribution in [-0.4, -0.2) is 19.0 Å². The summed E-state index contributed by atoms with van der Waals surface area (Å²) in [5.74, 6) is 0.553. The Hall–Kier alpha value is -1.35. The molecule has 0 spiro atoms. The van der Waals surface area contributed by atoms with Gasteiger partial charge in [0.2, 0.25) is 5.91 Å².